The number of aromatic nitrogens is 2. The van der Waals surface area contributed by atoms with Crippen molar-refractivity contribution in [1.82, 2.24) is 14.9 Å². The highest BCUT2D eigenvalue weighted by molar-refractivity contribution is 7.79. The predicted molar refractivity (Wildman–Crippen MR) is 92.9 cm³/mol. The monoisotopic (exact) mass is 377 g/mol. The molecule has 134 valence electrons. The Morgan fingerprint density at radius 1 is 1.00 bits per heavy atom. The fourth-order valence-electron chi connectivity index (χ4n) is 3.33. The third-order valence-corrected chi connectivity index (χ3v) is 8.02. The average Bonchev–Trinajstić information content (AvgIpc) is 3.21. The second-order valence-corrected chi connectivity index (χ2v) is 8.98. The maximum atomic E-state index is 14.1. The van der Waals surface area contributed by atoms with Crippen LogP contribution in [0.3, 0.4) is 0 Å². The molecule has 1 aromatic heterocycles. The summed E-state index contributed by atoms with van der Waals surface area (Å²) in [4.78, 5) is 3.74. The molecule has 2 atom stereocenters. The number of imidazole rings is 1. The summed E-state index contributed by atoms with van der Waals surface area (Å²) in [6.45, 7) is 0. The SMILES string of the molecule is O=P(c1ccccc1)(c1ccccc1)[C@@H]1N[C@]1(n1ccnc1)C(F)(F)F. The first-order chi connectivity index (χ1) is 12.4. The summed E-state index contributed by atoms with van der Waals surface area (Å²) in [5.41, 5.74) is -2.44. The summed E-state index contributed by atoms with van der Waals surface area (Å²) in [5.74, 6) is -1.31. The molecule has 4 rings (SSSR count). The molecule has 1 aliphatic heterocycles. The van der Waals surface area contributed by atoms with E-state index in [0.717, 1.165) is 10.9 Å². The van der Waals surface area contributed by atoms with Crippen molar-refractivity contribution in [3.05, 3.63) is 79.4 Å². The Morgan fingerprint density at radius 2 is 1.54 bits per heavy atom. The van der Waals surface area contributed by atoms with Gasteiger partial charge < -0.3 is 9.13 Å². The molecule has 0 spiro atoms. The van der Waals surface area contributed by atoms with E-state index in [-0.39, 0.29) is 0 Å². The van der Waals surface area contributed by atoms with Gasteiger partial charge in [0.15, 0.2) is 7.14 Å². The second-order valence-electron chi connectivity index (χ2n) is 6.11. The lowest BCUT2D eigenvalue weighted by Crippen LogP contribution is -2.40. The van der Waals surface area contributed by atoms with Crippen LogP contribution >= 0.6 is 7.14 Å². The summed E-state index contributed by atoms with van der Waals surface area (Å²) in [6, 6.07) is 16.7. The first-order valence-electron chi connectivity index (χ1n) is 7.94. The Morgan fingerprint density at radius 3 is 1.96 bits per heavy atom. The predicted octanol–water partition coefficient (Wildman–Crippen LogP) is 3.04. The van der Waals surface area contributed by atoms with E-state index in [1.165, 1.54) is 12.4 Å². The molecule has 1 N–H and O–H groups in total. The van der Waals surface area contributed by atoms with E-state index in [1.54, 1.807) is 60.7 Å². The van der Waals surface area contributed by atoms with Gasteiger partial charge in [-0.1, -0.05) is 60.7 Å². The van der Waals surface area contributed by atoms with Gasteiger partial charge in [0, 0.05) is 23.0 Å². The average molecular weight is 377 g/mol. The third-order valence-electron chi connectivity index (χ3n) is 4.66. The van der Waals surface area contributed by atoms with Gasteiger partial charge in [0.05, 0.1) is 6.33 Å². The normalized spacial score (nSPS) is 23.0. The Labute approximate surface area is 148 Å². The van der Waals surface area contributed by atoms with E-state index in [2.05, 4.69) is 10.3 Å². The number of nitrogens with one attached hydrogen (secondary N) is 1. The van der Waals surface area contributed by atoms with Gasteiger partial charge in [0.25, 0.3) is 0 Å². The van der Waals surface area contributed by atoms with Crippen LogP contribution in [0.5, 0.6) is 0 Å². The topological polar surface area (TPSA) is 56.8 Å². The number of rotatable bonds is 4. The molecule has 1 fully saturated rings. The molecular weight excluding hydrogens is 362 g/mol. The number of nitrogens with zero attached hydrogens (tertiary/aromatic N) is 2. The van der Waals surface area contributed by atoms with Crippen molar-refractivity contribution < 1.29 is 17.7 Å². The first-order valence-corrected chi connectivity index (χ1v) is 9.72. The molecular formula is C18H15F3N3OP. The Balaban J connectivity index is 1.91. The van der Waals surface area contributed by atoms with Crippen LogP contribution in [0.15, 0.2) is 79.4 Å². The van der Waals surface area contributed by atoms with E-state index >= 15 is 0 Å². The van der Waals surface area contributed by atoms with Crippen LogP contribution in [0.2, 0.25) is 0 Å². The molecule has 0 saturated carbocycles. The molecule has 0 amide bonds. The zero-order valence-electron chi connectivity index (χ0n) is 13.5. The highest BCUT2D eigenvalue weighted by atomic mass is 31.2. The summed E-state index contributed by atoms with van der Waals surface area (Å²) >= 11 is 0. The van der Waals surface area contributed by atoms with Gasteiger partial charge in [-0.25, -0.2) is 4.98 Å². The summed E-state index contributed by atoms with van der Waals surface area (Å²) in [5, 5.41) is 3.27. The zero-order chi connectivity index (χ0) is 18.4. The quantitative estimate of drug-likeness (QED) is 0.562. The molecule has 2 heterocycles. The van der Waals surface area contributed by atoms with E-state index in [4.69, 9.17) is 0 Å². The van der Waals surface area contributed by atoms with Gasteiger partial charge in [-0.3, -0.25) is 5.32 Å². The molecule has 3 aromatic rings. The van der Waals surface area contributed by atoms with Gasteiger partial charge in [-0.2, -0.15) is 13.2 Å². The van der Waals surface area contributed by atoms with E-state index in [0.29, 0.717) is 10.6 Å². The highest BCUT2D eigenvalue weighted by Gasteiger charge is 2.77. The maximum Gasteiger partial charge on any atom is 0.427 e. The number of halogens is 3. The third kappa shape index (κ3) is 2.35. The van der Waals surface area contributed by atoms with Gasteiger partial charge >= 0.3 is 6.18 Å². The van der Waals surface area contributed by atoms with Crippen LogP contribution in [0.25, 0.3) is 0 Å². The van der Waals surface area contributed by atoms with Crippen molar-refractivity contribution >= 4 is 17.8 Å². The number of alkyl halides is 3. The molecule has 8 heteroatoms. The smallest absolute Gasteiger partial charge is 0.312 e. The van der Waals surface area contributed by atoms with Gasteiger partial charge in [-0.05, 0) is 0 Å². The Kier molecular flexibility index (Phi) is 3.82. The maximum absolute atomic E-state index is 14.1. The van der Waals surface area contributed by atoms with Crippen LogP contribution in [-0.2, 0) is 10.2 Å². The van der Waals surface area contributed by atoms with Crippen LogP contribution in [0, 0.1) is 0 Å². The van der Waals surface area contributed by atoms with Crippen LogP contribution < -0.4 is 15.9 Å². The molecule has 2 aromatic carbocycles. The highest BCUT2D eigenvalue weighted by Crippen LogP contribution is 2.64. The number of hydrogen-bond acceptors (Lipinski definition) is 3. The molecule has 0 radical (unpaired) electrons. The van der Waals surface area contributed by atoms with Crippen molar-refractivity contribution in [3.63, 3.8) is 0 Å². The van der Waals surface area contributed by atoms with Crippen molar-refractivity contribution in [1.29, 1.82) is 0 Å². The van der Waals surface area contributed by atoms with Gasteiger partial charge in [0.1, 0.15) is 5.78 Å². The minimum absolute atomic E-state index is 0.384. The fraction of sp³-hybridized carbons (Fsp3) is 0.167. The van der Waals surface area contributed by atoms with Crippen molar-refractivity contribution in [2.45, 2.75) is 17.6 Å². The zero-order valence-corrected chi connectivity index (χ0v) is 14.4. The lowest BCUT2D eigenvalue weighted by molar-refractivity contribution is -0.182. The molecule has 0 aliphatic carbocycles. The Hall–Kier alpha value is -2.37. The Bertz CT molecular complexity index is 901. The largest absolute Gasteiger partial charge is 0.427 e. The standard InChI is InChI=1S/C18H15F3N3OP/c19-18(20,21)17(24-12-11-22-13-24)16(23-17)26(25,14-7-3-1-4-8-14)15-9-5-2-6-10-15/h1-13,16,23H/t16-,17+/m0/s1. The van der Waals surface area contributed by atoms with Gasteiger partial charge in [-0.15, -0.1) is 0 Å². The van der Waals surface area contributed by atoms with Crippen LogP contribution in [0.1, 0.15) is 0 Å². The number of hydrogen-bond donors (Lipinski definition) is 1. The van der Waals surface area contributed by atoms with Crippen molar-refractivity contribution in [3.8, 4) is 0 Å². The first kappa shape index (κ1) is 17.1. The van der Waals surface area contributed by atoms with E-state index in [9.17, 15) is 17.7 Å². The summed E-state index contributed by atoms with van der Waals surface area (Å²) < 4.78 is 57.2. The molecule has 4 nitrogen and oxygen atoms in total. The van der Waals surface area contributed by atoms with Crippen molar-refractivity contribution in [2.24, 2.45) is 0 Å². The van der Waals surface area contributed by atoms with E-state index < -0.39 is 24.8 Å². The van der Waals surface area contributed by atoms with Crippen LogP contribution in [0.4, 0.5) is 13.2 Å². The molecule has 26 heavy (non-hydrogen) atoms. The lowest BCUT2D eigenvalue weighted by Gasteiger charge is -2.25. The van der Waals surface area contributed by atoms with Gasteiger partial charge in [0.2, 0.25) is 5.66 Å². The fourth-order valence-corrected chi connectivity index (χ4v) is 6.64. The minimum atomic E-state index is -4.64. The number of benzene rings is 2. The lowest BCUT2D eigenvalue weighted by atomic mass is 10.3. The molecule has 1 aliphatic rings. The molecule has 0 bridgehead atoms. The van der Waals surface area contributed by atoms with Crippen LogP contribution in [-0.4, -0.2) is 21.5 Å². The van der Waals surface area contributed by atoms with Crippen molar-refractivity contribution in [2.75, 3.05) is 0 Å². The second kappa shape index (κ2) is 5.83. The molecule has 1 saturated heterocycles. The summed E-state index contributed by atoms with van der Waals surface area (Å²) in [7, 11) is -3.62. The molecule has 0 unspecified atom stereocenters. The summed E-state index contributed by atoms with van der Waals surface area (Å²) in [6.07, 6.45) is -1.03. The van der Waals surface area contributed by atoms with E-state index in [1.807, 2.05) is 0 Å². The minimum Gasteiger partial charge on any atom is -0.312 e.